The number of hydrogen-bond acceptors (Lipinski definition) is 2. The average Bonchev–Trinajstić information content (AvgIpc) is 2.32. The molecule has 6 heteroatoms. The second-order valence-corrected chi connectivity index (χ2v) is 4.97. The molecule has 1 aromatic rings. The summed E-state index contributed by atoms with van der Waals surface area (Å²) in [6.45, 7) is 0. The summed E-state index contributed by atoms with van der Waals surface area (Å²) in [5.41, 5.74) is 0.492. The monoisotopic (exact) mass is 286 g/mol. The predicted molar refractivity (Wildman–Crippen MR) is 70.9 cm³/mol. The number of carbonyl (C=O) groups excluding carboxylic acids is 2. The van der Waals surface area contributed by atoms with Crippen LogP contribution in [0.2, 0.25) is 10.0 Å². The van der Waals surface area contributed by atoms with E-state index in [1.807, 2.05) is 0 Å². The SMILES string of the molecule is O=C1CCC[C@H](C(=O)Nc2ccc(Cl)cc2Cl)N1. The molecule has 2 rings (SSSR count). The highest BCUT2D eigenvalue weighted by Gasteiger charge is 2.24. The third-order valence-corrected chi connectivity index (χ3v) is 3.29. The molecule has 0 aliphatic carbocycles. The van der Waals surface area contributed by atoms with Crippen molar-refractivity contribution >= 4 is 40.7 Å². The van der Waals surface area contributed by atoms with Gasteiger partial charge in [0.2, 0.25) is 11.8 Å². The van der Waals surface area contributed by atoms with Gasteiger partial charge in [0.05, 0.1) is 10.7 Å². The Balaban J connectivity index is 2.04. The van der Waals surface area contributed by atoms with Crippen molar-refractivity contribution in [2.75, 3.05) is 5.32 Å². The van der Waals surface area contributed by atoms with Gasteiger partial charge < -0.3 is 10.6 Å². The topological polar surface area (TPSA) is 58.2 Å². The van der Waals surface area contributed by atoms with Crippen LogP contribution in [0.1, 0.15) is 19.3 Å². The van der Waals surface area contributed by atoms with E-state index in [-0.39, 0.29) is 11.8 Å². The number of nitrogens with one attached hydrogen (secondary N) is 2. The predicted octanol–water partition coefficient (Wildman–Crippen LogP) is 2.60. The van der Waals surface area contributed by atoms with Gasteiger partial charge in [-0.3, -0.25) is 9.59 Å². The van der Waals surface area contributed by atoms with Crippen LogP contribution < -0.4 is 10.6 Å². The molecule has 1 atom stereocenters. The van der Waals surface area contributed by atoms with Gasteiger partial charge in [-0.05, 0) is 31.0 Å². The highest BCUT2D eigenvalue weighted by Crippen LogP contribution is 2.25. The Morgan fingerprint density at radius 3 is 2.83 bits per heavy atom. The van der Waals surface area contributed by atoms with Crippen molar-refractivity contribution in [2.24, 2.45) is 0 Å². The number of hydrogen-bond donors (Lipinski definition) is 2. The first-order valence-electron chi connectivity index (χ1n) is 5.61. The van der Waals surface area contributed by atoms with Gasteiger partial charge in [-0.1, -0.05) is 23.2 Å². The summed E-state index contributed by atoms with van der Waals surface area (Å²) in [4.78, 5) is 23.1. The van der Waals surface area contributed by atoms with Crippen molar-refractivity contribution in [2.45, 2.75) is 25.3 Å². The van der Waals surface area contributed by atoms with Crippen molar-refractivity contribution in [1.29, 1.82) is 0 Å². The smallest absolute Gasteiger partial charge is 0.246 e. The fourth-order valence-electron chi connectivity index (χ4n) is 1.81. The van der Waals surface area contributed by atoms with Crippen LogP contribution in [0.5, 0.6) is 0 Å². The van der Waals surface area contributed by atoms with E-state index in [4.69, 9.17) is 23.2 Å². The van der Waals surface area contributed by atoms with Crippen LogP contribution in [-0.2, 0) is 9.59 Å². The van der Waals surface area contributed by atoms with E-state index in [0.29, 0.717) is 28.6 Å². The van der Waals surface area contributed by atoms with E-state index in [9.17, 15) is 9.59 Å². The Hall–Kier alpha value is -1.26. The summed E-state index contributed by atoms with van der Waals surface area (Å²) in [5, 5.41) is 6.21. The normalized spacial score (nSPS) is 19.2. The fourth-order valence-corrected chi connectivity index (χ4v) is 2.27. The molecule has 1 fully saturated rings. The number of benzene rings is 1. The van der Waals surface area contributed by atoms with Gasteiger partial charge in [-0.25, -0.2) is 0 Å². The van der Waals surface area contributed by atoms with Gasteiger partial charge >= 0.3 is 0 Å². The van der Waals surface area contributed by atoms with Crippen LogP contribution in [-0.4, -0.2) is 17.9 Å². The van der Waals surface area contributed by atoms with Crippen LogP contribution in [0.4, 0.5) is 5.69 Å². The zero-order valence-electron chi connectivity index (χ0n) is 9.50. The number of halogens is 2. The number of amides is 2. The molecule has 18 heavy (non-hydrogen) atoms. The lowest BCUT2D eigenvalue weighted by molar-refractivity contribution is -0.128. The summed E-state index contributed by atoms with van der Waals surface area (Å²) in [6, 6.07) is 4.34. The summed E-state index contributed by atoms with van der Waals surface area (Å²) >= 11 is 11.7. The number of carbonyl (C=O) groups is 2. The van der Waals surface area contributed by atoms with Crippen molar-refractivity contribution in [1.82, 2.24) is 5.32 Å². The molecular weight excluding hydrogens is 275 g/mol. The maximum Gasteiger partial charge on any atom is 0.246 e. The van der Waals surface area contributed by atoms with Crippen LogP contribution in [0.15, 0.2) is 18.2 Å². The molecule has 0 radical (unpaired) electrons. The molecule has 0 spiro atoms. The third-order valence-electron chi connectivity index (χ3n) is 2.74. The van der Waals surface area contributed by atoms with E-state index in [1.54, 1.807) is 18.2 Å². The standard InChI is InChI=1S/C12H12Cl2N2O2/c13-7-4-5-9(8(14)6-7)16-12(18)10-2-1-3-11(17)15-10/h4-6,10H,1-3H2,(H,15,17)(H,16,18)/t10-/m1/s1. The molecule has 96 valence electrons. The maximum atomic E-state index is 11.9. The van der Waals surface area contributed by atoms with Gasteiger partial charge in [0.25, 0.3) is 0 Å². The van der Waals surface area contributed by atoms with Crippen LogP contribution in [0.3, 0.4) is 0 Å². The van der Waals surface area contributed by atoms with Crippen molar-refractivity contribution in [3.63, 3.8) is 0 Å². The van der Waals surface area contributed by atoms with Gasteiger partial charge in [0.15, 0.2) is 0 Å². The largest absolute Gasteiger partial charge is 0.344 e. The molecule has 1 aromatic carbocycles. The van der Waals surface area contributed by atoms with Crippen molar-refractivity contribution < 1.29 is 9.59 Å². The van der Waals surface area contributed by atoms with Crippen LogP contribution in [0.25, 0.3) is 0 Å². The lowest BCUT2D eigenvalue weighted by atomic mass is 10.0. The lowest BCUT2D eigenvalue weighted by Crippen LogP contribution is -2.46. The quantitative estimate of drug-likeness (QED) is 0.878. The first kappa shape index (κ1) is 13.2. The second kappa shape index (κ2) is 5.59. The highest BCUT2D eigenvalue weighted by molar-refractivity contribution is 6.36. The molecule has 4 nitrogen and oxygen atoms in total. The molecule has 1 aliphatic heterocycles. The third kappa shape index (κ3) is 3.15. The van der Waals surface area contributed by atoms with Gasteiger partial charge in [-0.2, -0.15) is 0 Å². The Morgan fingerprint density at radius 2 is 2.17 bits per heavy atom. The Bertz CT molecular complexity index is 491. The molecule has 0 unspecified atom stereocenters. The Kier molecular flexibility index (Phi) is 4.09. The Labute approximate surface area is 115 Å². The highest BCUT2D eigenvalue weighted by atomic mass is 35.5. The first-order chi connectivity index (χ1) is 8.56. The summed E-state index contributed by atoms with van der Waals surface area (Å²) in [6.07, 6.45) is 1.84. The summed E-state index contributed by atoms with van der Waals surface area (Å²) in [5.74, 6) is -0.351. The Morgan fingerprint density at radius 1 is 1.39 bits per heavy atom. The number of piperidine rings is 1. The van der Waals surface area contributed by atoms with Gasteiger partial charge in [-0.15, -0.1) is 0 Å². The van der Waals surface area contributed by atoms with Gasteiger partial charge in [0, 0.05) is 11.4 Å². The molecule has 0 aromatic heterocycles. The van der Waals surface area contributed by atoms with E-state index in [0.717, 1.165) is 6.42 Å². The van der Waals surface area contributed by atoms with E-state index >= 15 is 0 Å². The minimum atomic E-state index is -0.488. The zero-order valence-corrected chi connectivity index (χ0v) is 11.0. The average molecular weight is 287 g/mol. The number of rotatable bonds is 2. The minimum Gasteiger partial charge on any atom is -0.344 e. The summed E-state index contributed by atoms with van der Waals surface area (Å²) < 4.78 is 0. The molecule has 0 saturated carbocycles. The van der Waals surface area contributed by atoms with E-state index in [1.165, 1.54) is 0 Å². The minimum absolute atomic E-state index is 0.0939. The summed E-state index contributed by atoms with van der Waals surface area (Å²) in [7, 11) is 0. The van der Waals surface area contributed by atoms with E-state index in [2.05, 4.69) is 10.6 Å². The van der Waals surface area contributed by atoms with Crippen LogP contribution in [0, 0.1) is 0 Å². The second-order valence-electron chi connectivity index (χ2n) is 4.13. The molecule has 0 bridgehead atoms. The molecule has 1 aliphatic rings. The zero-order chi connectivity index (χ0) is 13.1. The molecule has 2 N–H and O–H groups in total. The first-order valence-corrected chi connectivity index (χ1v) is 6.37. The van der Waals surface area contributed by atoms with Gasteiger partial charge in [0.1, 0.15) is 6.04 Å². The van der Waals surface area contributed by atoms with Crippen molar-refractivity contribution in [3.05, 3.63) is 28.2 Å². The van der Waals surface area contributed by atoms with Crippen molar-refractivity contribution in [3.8, 4) is 0 Å². The maximum absolute atomic E-state index is 11.9. The molecule has 2 amide bonds. The molecule has 1 saturated heterocycles. The molecular formula is C12H12Cl2N2O2. The number of anilines is 1. The molecule has 1 heterocycles. The van der Waals surface area contributed by atoms with Crippen LogP contribution >= 0.6 is 23.2 Å². The fraction of sp³-hybridized carbons (Fsp3) is 0.333. The lowest BCUT2D eigenvalue weighted by Gasteiger charge is -2.22. The van der Waals surface area contributed by atoms with E-state index < -0.39 is 6.04 Å².